The number of imidazole rings is 1. The molecule has 4 heteroatoms. The number of hydrogen-bond acceptors (Lipinski definition) is 3. The summed E-state index contributed by atoms with van der Waals surface area (Å²) in [7, 11) is 0. The van der Waals surface area contributed by atoms with E-state index < -0.39 is 0 Å². The van der Waals surface area contributed by atoms with E-state index in [0.29, 0.717) is 0 Å². The maximum absolute atomic E-state index is 4.34. The number of aromatic nitrogens is 4. The van der Waals surface area contributed by atoms with Crippen molar-refractivity contribution >= 4 is 0 Å². The van der Waals surface area contributed by atoms with Crippen LogP contribution in [0.4, 0.5) is 0 Å². The third-order valence-corrected chi connectivity index (χ3v) is 1.81. The van der Waals surface area contributed by atoms with Crippen LogP contribution in [0.5, 0.6) is 0 Å². The van der Waals surface area contributed by atoms with Crippen molar-refractivity contribution in [1.29, 1.82) is 0 Å². The Morgan fingerprint density at radius 1 is 1.23 bits per heavy atom. The monoisotopic (exact) mass is 174 g/mol. The maximum Gasteiger partial charge on any atom is 0.156 e. The summed E-state index contributed by atoms with van der Waals surface area (Å²) < 4.78 is 1.90. The average molecular weight is 174 g/mol. The number of hydrogen-bond donors (Lipinski definition) is 0. The lowest BCUT2D eigenvalue weighted by atomic mass is 10.5. The second-order valence-corrected chi connectivity index (χ2v) is 2.86. The van der Waals surface area contributed by atoms with Crippen LogP contribution in [0.15, 0.2) is 24.8 Å². The number of nitrogens with zero attached hydrogens (tertiary/aromatic N) is 4. The fourth-order valence-electron chi connectivity index (χ4n) is 1.19. The summed E-state index contributed by atoms with van der Waals surface area (Å²) in [6.07, 6.45) is 7.08. The minimum atomic E-state index is 0.815. The van der Waals surface area contributed by atoms with Crippen LogP contribution in [0.2, 0.25) is 0 Å². The Balaban J connectivity index is 2.53. The van der Waals surface area contributed by atoms with Gasteiger partial charge in [-0.2, -0.15) is 0 Å². The van der Waals surface area contributed by atoms with Crippen LogP contribution >= 0.6 is 0 Å². The summed E-state index contributed by atoms with van der Waals surface area (Å²) in [6, 6.07) is 0. The van der Waals surface area contributed by atoms with E-state index in [9.17, 15) is 0 Å². The summed E-state index contributed by atoms with van der Waals surface area (Å²) >= 11 is 0. The van der Waals surface area contributed by atoms with Gasteiger partial charge in [-0.3, -0.25) is 9.55 Å². The van der Waals surface area contributed by atoms with Gasteiger partial charge in [-0.25, -0.2) is 9.97 Å². The Labute approximate surface area is 76.3 Å². The standard InChI is InChI=1S/C9H10N4/c1-7-5-10-6-9(12-7)13-4-3-11-8(13)2/h3-6H,1-2H3. The first-order valence-corrected chi connectivity index (χ1v) is 4.06. The molecule has 0 aromatic carbocycles. The number of rotatable bonds is 1. The Bertz CT molecular complexity index is 419. The average Bonchev–Trinajstić information content (AvgIpc) is 2.51. The van der Waals surface area contributed by atoms with E-state index in [0.717, 1.165) is 17.3 Å². The summed E-state index contributed by atoms with van der Waals surface area (Å²) in [6.45, 7) is 3.85. The van der Waals surface area contributed by atoms with Crippen molar-refractivity contribution in [2.75, 3.05) is 0 Å². The summed E-state index contributed by atoms with van der Waals surface area (Å²) in [5, 5.41) is 0. The van der Waals surface area contributed by atoms with Crippen LogP contribution in [0, 0.1) is 13.8 Å². The van der Waals surface area contributed by atoms with Crippen molar-refractivity contribution in [2.45, 2.75) is 13.8 Å². The van der Waals surface area contributed by atoms with E-state index in [2.05, 4.69) is 15.0 Å². The van der Waals surface area contributed by atoms with Crippen LogP contribution in [0.1, 0.15) is 11.5 Å². The molecule has 0 fully saturated rings. The molecular formula is C9H10N4. The van der Waals surface area contributed by atoms with Gasteiger partial charge in [-0.15, -0.1) is 0 Å². The Kier molecular flexibility index (Phi) is 1.81. The fraction of sp³-hybridized carbons (Fsp3) is 0.222. The third kappa shape index (κ3) is 1.42. The van der Waals surface area contributed by atoms with Gasteiger partial charge < -0.3 is 0 Å². The first-order chi connectivity index (χ1) is 6.27. The minimum Gasteiger partial charge on any atom is -0.287 e. The van der Waals surface area contributed by atoms with Crippen LogP contribution < -0.4 is 0 Å². The van der Waals surface area contributed by atoms with Gasteiger partial charge in [-0.1, -0.05) is 0 Å². The molecule has 2 aromatic heterocycles. The van der Waals surface area contributed by atoms with Gasteiger partial charge in [0.1, 0.15) is 5.82 Å². The smallest absolute Gasteiger partial charge is 0.156 e. The Morgan fingerprint density at radius 3 is 2.69 bits per heavy atom. The highest BCUT2D eigenvalue weighted by Gasteiger charge is 2.01. The molecule has 0 aliphatic rings. The van der Waals surface area contributed by atoms with Gasteiger partial charge in [0, 0.05) is 18.6 Å². The van der Waals surface area contributed by atoms with Crippen molar-refractivity contribution in [3.8, 4) is 5.82 Å². The molecule has 0 atom stereocenters. The number of aryl methyl sites for hydroxylation is 2. The van der Waals surface area contributed by atoms with Crippen LogP contribution in [-0.4, -0.2) is 19.5 Å². The zero-order valence-electron chi connectivity index (χ0n) is 7.60. The molecule has 0 saturated carbocycles. The predicted molar refractivity (Wildman–Crippen MR) is 48.6 cm³/mol. The van der Waals surface area contributed by atoms with Gasteiger partial charge in [-0.05, 0) is 13.8 Å². The van der Waals surface area contributed by atoms with Crippen LogP contribution in [0.3, 0.4) is 0 Å². The molecule has 2 rings (SSSR count). The van der Waals surface area contributed by atoms with E-state index in [1.54, 1.807) is 18.6 Å². The molecule has 0 bridgehead atoms. The first kappa shape index (κ1) is 7.91. The van der Waals surface area contributed by atoms with E-state index in [1.807, 2.05) is 24.6 Å². The van der Waals surface area contributed by atoms with Crippen LogP contribution in [-0.2, 0) is 0 Å². The first-order valence-electron chi connectivity index (χ1n) is 4.06. The molecule has 0 spiro atoms. The molecule has 0 radical (unpaired) electrons. The van der Waals surface area contributed by atoms with E-state index >= 15 is 0 Å². The SMILES string of the molecule is Cc1cncc(-n2ccnc2C)n1. The second kappa shape index (κ2) is 2.97. The normalized spacial score (nSPS) is 10.3. The minimum absolute atomic E-state index is 0.815. The van der Waals surface area contributed by atoms with Gasteiger partial charge in [0.05, 0.1) is 11.9 Å². The lowest BCUT2D eigenvalue weighted by Gasteiger charge is -2.02. The van der Waals surface area contributed by atoms with Crippen molar-refractivity contribution in [3.05, 3.63) is 36.3 Å². The van der Waals surface area contributed by atoms with Gasteiger partial charge >= 0.3 is 0 Å². The lowest BCUT2D eigenvalue weighted by molar-refractivity contribution is 0.905. The molecule has 0 aliphatic carbocycles. The Hall–Kier alpha value is -1.71. The molecule has 0 saturated heterocycles. The predicted octanol–water partition coefficient (Wildman–Crippen LogP) is 1.28. The molecule has 2 aromatic rings. The van der Waals surface area contributed by atoms with Crippen molar-refractivity contribution in [1.82, 2.24) is 19.5 Å². The third-order valence-electron chi connectivity index (χ3n) is 1.81. The molecule has 0 aliphatic heterocycles. The van der Waals surface area contributed by atoms with Gasteiger partial charge in [0.25, 0.3) is 0 Å². The van der Waals surface area contributed by atoms with Gasteiger partial charge in [0.2, 0.25) is 0 Å². The summed E-state index contributed by atoms with van der Waals surface area (Å²) in [5.74, 6) is 1.73. The van der Waals surface area contributed by atoms with Crippen molar-refractivity contribution in [2.24, 2.45) is 0 Å². The molecule has 66 valence electrons. The quantitative estimate of drug-likeness (QED) is 0.654. The van der Waals surface area contributed by atoms with E-state index in [4.69, 9.17) is 0 Å². The molecule has 0 amide bonds. The molecule has 13 heavy (non-hydrogen) atoms. The molecule has 0 N–H and O–H groups in total. The van der Waals surface area contributed by atoms with E-state index in [1.165, 1.54) is 0 Å². The highest BCUT2D eigenvalue weighted by atomic mass is 15.1. The largest absolute Gasteiger partial charge is 0.287 e. The Morgan fingerprint density at radius 2 is 2.08 bits per heavy atom. The zero-order chi connectivity index (χ0) is 9.26. The van der Waals surface area contributed by atoms with Crippen molar-refractivity contribution < 1.29 is 0 Å². The van der Waals surface area contributed by atoms with Crippen molar-refractivity contribution in [3.63, 3.8) is 0 Å². The molecule has 0 unspecified atom stereocenters. The van der Waals surface area contributed by atoms with Gasteiger partial charge in [0.15, 0.2) is 5.82 Å². The van der Waals surface area contributed by atoms with E-state index in [-0.39, 0.29) is 0 Å². The molecule has 4 nitrogen and oxygen atoms in total. The van der Waals surface area contributed by atoms with Crippen LogP contribution in [0.25, 0.3) is 5.82 Å². The molecule has 2 heterocycles. The second-order valence-electron chi connectivity index (χ2n) is 2.86. The topological polar surface area (TPSA) is 43.6 Å². The lowest BCUT2D eigenvalue weighted by Crippen LogP contribution is -2.00. The fourth-order valence-corrected chi connectivity index (χ4v) is 1.19. The highest BCUT2D eigenvalue weighted by Crippen LogP contribution is 2.05. The summed E-state index contributed by atoms with van der Waals surface area (Å²) in [4.78, 5) is 12.5. The summed E-state index contributed by atoms with van der Waals surface area (Å²) in [5.41, 5.74) is 0.908. The highest BCUT2D eigenvalue weighted by molar-refractivity contribution is 5.21. The molecular weight excluding hydrogens is 164 g/mol. The maximum atomic E-state index is 4.34. The zero-order valence-corrected chi connectivity index (χ0v) is 7.60.